The average Bonchev–Trinajstić information content (AvgIpc) is 2.39. The fourth-order valence-corrected chi connectivity index (χ4v) is 3.71. The average molecular weight is 265 g/mol. The summed E-state index contributed by atoms with van der Waals surface area (Å²) in [6.45, 7) is 1.96. The second kappa shape index (κ2) is 6.09. The minimum absolute atomic E-state index is 0.152. The Bertz CT molecular complexity index is 442. The van der Waals surface area contributed by atoms with Crippen LogP contribution in [0.15, 0.2) is 22.4 Å². The fourth-order valence-electron chi connectivity index (χ4n) is 2.33. The van der Waals surface area contributed by atoms with Gasteiger partial charge in [0.2, 0.25) is 0 Å². The lowest BCUT2D eigenvalue weighted by molar-refractivity contribution is 0.318. The molecule has 0 amide bonds. The van der Waals surface area contributed by atoms with Crippen LogP contribution in [-0.4, -0.2) is 21.3 Å². The first kappa shape index (κ1) is 13.2. The molecule has 1 aliphatic rings. The van der Waals surface area contributed by atoms with Crippen LogP contribution in [0.4, 0.5) is 0 Å². The monoisotopic (exact) mass is 265 g/mol. The molecule has 1 saturated carbocycles. The zero-order chi connectivity index (χ0) is 13.0. The van der Waals surface area contributed by atoms with E-state index in [-0.39, 0.29) is 5.84 Å². The van der Waals surface area contributed by atoms with Crippen LogP contribution in [-0.2, 0) is 0 Å². The second-order valence-corrected chi connectivity index (χ2v) is 5.96. The highest BCUT2D eigenvalue weighted by Gasteiger charge is 2.19. The maximum Gasteiger partial charge on any atom is 0.173 e. The molecule has 1 aromatic heterocycles. The molecule has 2 rings (SSSR count). The van der Waals surface area contributed by atoms with Crippen molar-refractivity contribution in [2.75, 3.05) is 0 Å². The Kier molecular flexibility index (Phi) is 4.47. The molecule has 4 nitrogen and oxygen atoms in total. The molecular weight excluding hydrogens is 246 g/mol. The van der Waals surface area contributed by atoms with Crippen molar-refractivity contribution < 1.29 is 5.21 Å². The number of aromatic nitrogens is 1. The summed E-state index contributed by atoms with van der Waals surface area (Å²) < 4.78 is 0. The third-order valence-electron chi connectivity index (χ3n) is 3.32. The summed E-state index contributed by atoms with van der Waals surface area (Å²) in [5.41, 5.74) is 7.52. The first-order valence-corrected chi connectivity index (χ1v) is 7.20. The lowest BCUT2D eigenvalue weighted by Crippen LogP contribution is -2.18. The van der Waals surface area contributed by atoms with Crippen LogP contribution >= 0.6 is 11.8 Å². The number of oxime groups is 1. The Morgan fingerprint density at radius 3 is 2.83 bits per heavy atom. The van der Waals surface area contributed by atoms with Gasteiger partial charge in [-0.25, -0.2) is 4.98 Å². The van der Waals surface area contributed by atoms with Crippen molar-refractivity contribution in [2.45, 2.75) is 49.3 Å². The Hall–Kier alpha value is -1.23. The Labute approximate surface area is 112 Å². The van der Waals surface area contributed by atoms with Gasteiger partial charge in [-0.05, 0) is 31.4 Å². The van der Waals surface area contributed by atoms with E-state index in [2.05, 4.69) is 10.1 Å². The molecule has 0 unspecified atom stereocenters. The van der Waals surface area contributed by atoms with Crippen molar-refractivity contribution in [3.63, 3.8) is 0 Å². The fraction of sp³-hybridized carbons (Fsp3) is 0.538. The molecule has 0 aromatic carbocycles. The third-order valence-corrected chi connectivity index (χ3v) is 4.66. The normalized spacial score (nSPS) is 17.9. The summed E-state index contributed by atoms with van der Waals surface area (Å²) >= 11 is 1.77. The van der Waals surface area contributed by atoms with Crippen molar-refractivity contribution in [3.8, 4) is 0 Å². The number of nitrogens with zero attached hydrogens (tertiary/aromatic N) is 2. The van der Waals surface area contributed by atoms with Gasteiger partial charge in [0.1, 0.15) is 5.03 Å². The van der Waals surface area contributed by atoms with E-state index in [1.165, 1.54) is 32.1 Å². The largest absolute Gasteiger partial charge is 0.409 e. The number of aryl methyl sites for hydroxylation is 1. The number of hydrogen-bond acceptors (Lipinski definition) is 4. The number of thioether (sulfide) groups is 1. The first-order chi connectivity index (χ1) is 8.72. The molecule has 0 aliphatic heterocycles. The predicted octanol–water partition coefficient (Wildman–Crippen LogP) is 2.91. The van der Waals surface area contributed by atoms with Gasteiger partial charge < -0.3 is 10.9 Å². The topological polar surface area (TPSA) is 71.5 Å². The first-order valence-electron chi connectivity index (χ1n) is 6.32. The van der Waals surface area contributed by atoms with Gasteiger partial charge in [0.15, 0.2) is 5.84 Å². The zero-order valence-electron chi connectivity index (χ0n) is 10.6. The van der Waals surface area contributed by atoms with Crippen LogP contribution in [0, 0.1) is 6.92 Å². The van der Waals surface area contributed by atoms with Crippen molar-refractivity contribution >= 4 is 17.6 Å². The number of amidine groups is 1. The molecular formula is C13H19N3OS. The van der Waals surface area contributed by atoms with E-state index in [9.17, 15) is 0 Å². The molecule has 1 fully saturated rings. The van der Waals surface area contributed by atoms with Crippen LogP contribution in [0.3, 0.4) is 0 Å². The molecule has 1 heterocycles. The van der Waals surface area contributed by atoms with E-state index in [0.29, 0.717) is 5.25 Å². The van der Waals surface area contributed by atoms with Crippen LogP contribution in [0.25, 0.3) is 0 Å². The molecule has 18 heavy (non-hydrogen) atoms. The van der Waals surface area contributed by atoms with E-state index < -0.39 is 0 Å². The number of rotatable bonds is 3. The highest BCUT2D eigenvalue weighted by Crippen LogP contribution is 2.34. The van der Waals surface area contributed by atoms with E-state index in [4.69, 9.17) is 10.9 Å². The molecule has 1 aliphatic carbocycles. The Balaban J connectivity index is 2.23. The van der Waals surface area contributed by atoms with Gasteiger partial charge in [0, 0.05) is 11.4 Å². The summed E-state index contributed by atoms with van der Waals surface area (Å²) in [6.07, 6.45) is 8.18. The summed E-state index contributed by atoms with van der Waals surface area (Å²) in [5.74, 6) is 0.152. The van der Waals surface area contributed by atoms with Crippen LogP contribution in [0.1, 0.15) is 43.2 Å². The summed E-state index contributed by atoms with van der Waals surface area (Å²) in [6, 6.07) is 1.89. The highest BCUT2D eigenvalue weighted by atomic mass is 32.2. The summed E-state index contributed by atoms with van der Waals surface area (Å²) in [5, 5.41) is 13.5. The van der Waals surface area contributed by atoms with Crippen molar-refractivity contribution in [2.24, 2.45) is 10.9 Å². The molecule has 0 atom stereocenters. The van der Waals surface area contributed by atoms with E-state index >= 15 is 0 Å². The smallest absolute Gasteiger partial charge is 0.173 e. The standard InChI is InChI=1S/C13H19N3OS/c1-9-7-8-15-13(11(9)12(14)16-17)18-10-5-3-2-4-6-10/h7-8,10,17H,2-6H2,1H3,(H2,14,16). The number of hydrogen-bond donors (Lipinski definition) is 2. The molecule has 98 valence electrons. The Morgan fingerprint density at radius 2 is 2.17 bits per heavy atom. The molecule has 3 N–H and O–H groups in total. The minimum Gasteiger partial charge on any atom is -0.409 e. The van der Waals surface area contributed by atoms with Gasteiger partial charge in [-0.15, -0.1) is 11.8 Å². The van der Waals surface area contributed by atoms with E-state index in [0.717, 1.165) is 16.2 Å². The number of nitrogens with two attached hydrogens (primary N) is 1. The highest BCUT2D eigenvalue weighted by molar-refractivity contribution is 7.99. The predicted molar refractivity (Wildman–Crippen MR) is 74.2 cm³/mol. The summed E-state index contributed by atoms with van der Waals surface area (Å²) in [7, 11) is 0. The molecule has 0 saturated heterocycles. The van der Waals surface area contributed by atoms with Gasteiger partial charge in [-0.1, -0.05) is 24.4 Å². The molecule has 1 aromatic rings. The second-order valence-electron chi connectivity index (χ2n) is 4.67. The molecule has 0 bridgehead atoms. The molecule has 0 spiro atoms. The van der Waals surface area contributed by atoms with Gasteiger partial charge in [-0.3, -0.25) is 0 Å². The van der Waals surface area contributed by atoms with Crippen molar-refractivity contribution in [1.82, 2.24) is 4.98 Å². The van der Waals surface area contributed by atoms with Crippen molar-refractivity contribution in [1.29, 1.82) is 0 Å². The van der Waals surface area contributed by atoms with Crippen molar-refractivity contribution in [3.05, 3.63) is 23.4 Å². The summed E-state index contributed by atoms with van der Waals surface area (Å²) in [4.78, 5) is 4.39. The van der Waals surface area contributed by atoms with Gasteiger partial charge in [0.25, 0.3) is 0 Å². The van der Waals surface area contributed by atoms with Crippen LogP contribution in [0.2, 0.25) is 0 Å². The SMILES string of the molecule is Cc1ccnc(SC2CCCCC2)c1/C(N)=N/O. The maximum atomic E-state index is 8.87. The Morgan fingerprint density at radius 1 is 1.44 bits per heavy atom. The van der Waals surface area contributed by atoms with Gasteiger partial charge in [0.05, 0.1) is 5.56 Å². The minimum atomic E-state index is 0.152. The maximum absolute atomic E-state index is 8.87. The van der Waals surface area contributed by atoms with E-state index in [1.54, 1.807) is 18.0 Å². The molecule has 5 heteroatoms. The van der Waals surface area contributed by atoms with Crippen LogP contribution in [0.5, 0.6) is 0 Å². The van der Waals surface area contributed by atoms with Crippen LogP contribution < -0.4 is 5.73 Å². The quantitative estimate of drug-likeness (QED) is 0.381. The zero-order valence-corrected chi connectivity index (χ0v) is 11.4. The van der Waals surface area contributed by atoms with Gasteiger partial charge >= 0.3 is 0 Å². The number of pyridine rings is 1. The lowest BCUT2D eigenvalue weighted by atomic mass is 10.0. The third kappa shape index (κ3) is 2.96. The van der Waals surface area contributed by atoms with E-state index in [1.807, 2.05) is 13.0 Å². The molecule has 0 radical (unpaired) electrons. The van der Waals surface area contributed by atoms with Gasteiger partial charge in [-0.2, -0.15) is 0 Å². The lowest BCUT2D eigenvalue weighted by Gasteiger charge is -2.21.